The van der Waals surface area contributed by atoms with Gasteiger partial charge in [-0.3, -0.25) is 4.79 Å². The second-order valence-corrected chi connectivity index (χ2v) is 5.28. The van der Waals surface area contributed by atoms with Gasteiger partial charge in [0.2, 0.25) is 6.10 Å². The fourth-order valence-electron chi connectivity index (χ4n) is 1.47. The number of ether oxygens (including phenoxy) is 3. The largest absolute Gasteiger partial charge is 0.460 e. The molecule has 0 aromatic rings. The number of hydrogen-bond acceptors (Lipinski definition) is 6. The van der Waals surface area contributed by atoms with Gasteiger partial charge in [-0.2, -0.15) is 0 Å². The van der Waals surface area contributed by atoms with Gasteiger partial charge in [0, 0.05) is 6.42 Å². The van der Waals surface area contributed by atoms with E-state index >= 15 is 0 Å². The molecule has 0 bridgehead atoms. The van der Waals surface area contributed by atoms with Crippen molar-refractivity contribution >= 4 is 17.9 Å². The molecule has 0 saturated carbocycles. The normalized spacial score (nSPS) is 22.8. The van der Waals surface area contributed by atoms with E-state index < -0.39 is 36.0 Å². The zero-order valence-corrected chi connectivity index (χ0v) is 11.7. The first-order chi connectivity index (χ1) is 8.76. The lowest BCUT2D eigenvalue weighted by atomic mass is 9.91. The van der Waals surface area contributed by atoms with Crippen molar-refractivity contribution in [2.45, 2.75) is 52.7 Å². The van der Waals surface area contributed by atoms with Crippen molar-refractivity contribution < 1.29 is 28.6 Å². The third-order valence-corrected chi connectivity index (χ3v) is 3.16. The van der Waals surface area contributed by atoms with Crippen LogP contribution in [0.4, 0.5) is 0 Å². The molecule has 0 aromatic heterocycles. The van der Waals surface area contributed by atoms with Crippen molar-refractivity contribution in [1.29, 1.82) is 0 Å². The summed E-state index contributed by atoms with van der Waals surface area (Å²) in [6, 6.07) is 0. The Kier molecular flexibility index (Phi) is 4.91. The van der Waals surface area contributed by atoms with Gasteiger partial charge in [-0.1, -0.05) is 6.92 Å². The molecule has 1 aliphatic heterocycles. The van der Waals surface area contributed by atoms with Gasteiger partial charge < -0.3 is 14.2 Å². The van der Waals surface area contributed by atoms with Crippen LogP contribution in [0.15, 0.2) is 0 Å². The summed E-state index contributed by atoms with van der Waals surface area (Å²) in [6.07, 6.45) is -0.209. The molecule has 1 heterocycles. The topological polar surface area (TPSA) is 78.9 Å². The van der Waals surface area contributed by atoms with E-state index in [9.17, 15) is 14.4 Å². The molecule has 19 heavy (non-hydrogen) atoms. The molecule has 0 aromatic carbocycles. The standard InChI is InChI=1S/C13H20O6/c1-5-13(3,4)12(16)17-7-10(14)19-9-6-8(2)18-11(9)15/h8-9H,5-7H2,1-4H3. The third kappa shape index (κ3) is 4.22. The summed E-state index contributed by atoms with van der Waals surface area (Å²) < 4.78 is 14.6. The highest BCUT2D eigenvalue weighted by atomic mass is 16.6. The van der Waals surface area contributed by atoms with Crippen LogP contribution < -0.4 is 0 Å². The van der Waals surface area contributed by atoms with Crippen LogP contribution in [-0.2, 0) is 28.6 Å². The van der Waals surface area contributed by atoms with Crippen LogP contribution in [0.1, 0.15) is 40.5 Å². The molecule has 0 N–H and O–H groups in total. The van der Waals surface area contributed by atoms with Crippen molar-refractivity contribution in [3.05, 3.63) is 0 Å². The number of carbonyl (C=O) groups excluding carboxylic acids is 3. The van der Waals surface area contributed by atoms with Gasteiger partial charge in [-0.25, -0.2) is 9.59 Å². The quantitative estimate of drug-likeness (QED) is 0.553. The van der Waals surface area contributed by atoms with Gasteiger partial charge in [-0.15, -0.1) is 0 Å². The van der Waals surface area contributed by atoms with Crippen LogP contribution in [0.3, 0.4) is 0 Å². The summed E-state index contributed by atoms with van der Waals surface area (Å²) in [5.74, 6) is -1.76. The maximum atomic E-state index is 11.6. The van der Waals surface area contributed by atoms with E-state index in [0.717, 1.165) is 0 Å². The maximum Gasteiger partial charge on any atom is 0.347 e. The minimum absolute atomic E-state index is 0.258. The van der Waals surface area contributed by atoms with Crippen LogP contribution in [0.5, 0.6) is 0 Å². The van der Waals surface area contributed by atoms with Crippen LogP contribution in [0.25, 0.3) is 0 Å². The SMILES string of the molecule is CCC(C)(C)C(=O)OCC(=O)OC1CC(C)OC1=O. The van der Waals surface area contributed by atoms with Crippen molar-refractivity contribution in [1.82, 2.24) is 0 Å². The summed E-state index contributed by atoms with van der Waals surface area (Å²) in [6.45, 7) is 6.55. The number of carbonyl (C=O) groups is 3. The van der Waals surface area contributed by atoms with Crippen LogP contribution in [-0.4, -0.2) is 36.7 Å². The van der Waals surface area contributed by atoms with Gasteiger partial charge in [0.15, 0.2) is 6.61 Å². The second kappa shape index (κ2) is 6.04. The molecule has 108 valence electrons. The lowest BCUT2D eigenvalue weighted by Crippen LogP contribution is -2.30. The highest BCUT2D eigenvalue weighted by molar-refractivity contribution is 5.83. The minimum Gasteiger partial charge on any atom is -0.460 e. The van der Waals surface area contributed by atoms with E-state index in [1.807, 2.05) is 6.92 Å². The minimum atomic E-state index is -0.889. The first-order valence-corrected chi connectivity index (χ1v) is 6.33. The Morgan fingerprint density at radius 1 is 1.42 bits per heavy atom. The number of hydrogen-bond donors (Lipinski definition) is 0. The highest BCUT2D eigenvalue weighted by Gasteiger charge is 2.35. The summed E-state index contributed by atoms with van der Waals surface area (Å²) in [7, 11) is 0. The highest BCUT2D eigenvalue weighted by Crippen LogP contribution is 2.21. The predicted octanol–water partition coefficient (Wildman–Crippen LogP) is 1.21. The molecular weight excluding hydrogens is 252 g/mol. The lowest BCUT2D eigenvalue weighted by Gasteiger charge is -2.20. The summed E-state index contributed by atoms with van der Waals surface area (Å²) in [5.41, 5.74) is -0.638. The van der Waals surface area contributed by atoms with E-state index in [2.05, 4.69) is 0 Å². The molecule has 0 spiro atoms. The van der Waals surface area contributed by atoms with Crippen molar-refractivity contribution in [2.24, 2.45) is 5.41 Å². The van der Waals surface area contributed by atoms with Crippen LogP contribution >= 0.6 is 0 Å². The van der Waals surface area contributed by atoms with Crippen molar-refractivity contribution in [2.75, 3.05) is 6.61 Å². The molecule has 2 unspecified atom stereocenters. The predicted molar refractivity (Wildman–Crippen MR) is 65.1 cm³/mol. The van der Waals surface area contributed by atoms with E-state index in [1.54, 1.807) is 20.8 Å². The molecule has 6 heteroatoms. The molecular formula is C13H20O6. The van der Waals surface area contributed by atoms with Crippen LogP contribution in [0.2, 0.25) is 0 Å². The van der Waals surface area contributed by atoms with E-state index in [-0.39, 0.29) is 6.10 Å². The second-order valence-electron chi connectivity index (χ2n) is 5.28. The Balaban J connectivity index is 2.37. The number of esters is 3. The van der Waals surface area contributed by atoms with Gasteiger partial charge in [0.25, 0.3) is 0 Å². The summed E-state index contributed by atoms with van der Waals surface area (Å²) >= 11 is 0. The molecule has 1 saturated heterocycles. The molecule has 1 aliphatic rings. The molecule has 0 aliphatic carbocycles. The Hall–Kier alpha value is -1.59. The first-order valence-electron chi connectivity index (χ1n) is 6.33. The molecule has 2 atom stereocenters. The Morgan fingerprint density at radius 3 is 2.53 bits per heavy atom. The third-order valence-electron chi connectivity index (χ3n) is 3.16. The summed E-state index contributed by atoms with van der Waals surface area (Å²) in [5, 5.41) is 0. The average molecular weight is 272 g/mol. The van der Waals surface area contributed by atoms with E-state index in [4.69, 9.17) is 14.2 Å². The number of cyclic esters (lactones) is 1. The average Bonchev–Trinajstić information content (AvgIpc) is 2.64. The Bertz CT molecular complexity index is 373. The van der Waals surface area contributed by atoms with Gasteiger partial charge >= 0.3 is 17.9 Å². The maximum absolute atomic E-state index is 11.6. The van der Waals surface area contributed by atoms with E-state index in [0.29, 0.717) is 12.8 Å². The Labute approximate surface area is 112 Å². The van der Waals surface area contributed by atoms with Gasteiger partial charge in [-0.05, 0) is 27.2 Å². The van der Waals surface area contributed by atoms with Crippen molar-refractivity contribution in [3.63, 3.8) is 0 Å². The van der Waals surface area contributed by atoms with Gasteiger partial charge in [0.05, 0.1) is 5.41 Å². The fraction of sp³-hybridized carbons (Fsp3) is 0.769. The van der Waals surface area contributed by atoms with E-state index in [1.165, 1.54) is 0 Å². The van der Waals surface area contributed by atoms with Crippen molar-refractivity contribution in [3.8, 4) is 0 Å². The van der Waals surface area contributed by atoms with Crippen LogP contribution in [0, 0.1) is 5.41 Å². The zero-order chi connectivity index (χ0) is 14.6. The zero-order valence-electron chi connectivity index (χ0n) is 11.7. The molecule has 1 fully saturated rings. The summed E-state index contributed by atoms with van der Waals surface area (Å²) in [4.78, 5) is 34.4. The smallest absolute Gasteiger partial charge is 0.347 e. The molecule has 1 rings (SSSR count). The monoisotopic (exact) mass is 272 g/mol. The molecule has 0 amide bonds. The molecule has 0 radical (unpaired) electrons. The lowest BCUT2D eigenvalue weighted by molar-refractivity contribution is -0.170. The number of rotatable bonds is 5. The first kappa shape index (κ1) is 15.5. The fourth-order valence-corrected chi connectivity index (χ4v) is 1.47. The Morgan fingerprint density at radius 2 is 2.05 bits per heavy atom. The van der Waals surface area contributed by atoms with Gasteiger partial charge in [0.1, 0.15) is 6.10 Å². The molecule has 6 nitrogen and oxygen atoms in total.